The van der Waals surface area contributed by atoms with E-state index >= 15 is 0 Å². The molecule has 0 saturated carbocycles. The molecule has 5 heterocycles. The maximum absolute atomic E-state index is 13.1. The van der Waals surface area contributed by atoms with Gasteiger partial charge in [-0.05, 0) is 42.0 Å². The minimum atomic E-state index is -2.08. The lowest BCUT2D eigenvalue weighted by molar-refractivity contribution is -0.353. The Kier molecular flexibility index (Phi) is 19.0. The normalized spacial score (nSPS) is 35.2. The van der Waals surface area contributed by atoms with Gasteiger partial charge in [-0.15, -0.1) is 0 Å². The molecule has 80 heavy (non-hydrogen) atoms. The molecule has 30 nitrogen and oxygen atoms in total. The maximum atomic E-state index is 13.1. The number of carbonyl (C=O) groups excluding carboxylic acids is 2. The zero-order valence-corrected chi connectivity index (χ0v) is 41.4. The molecule has 5 aliphatic heterocycles. The molecule has 0 bridgehead atoms. The molecule has 4 fully saturated rings. The third-order valence-electron chi connectivity index (χ3n) is 13.3. The van der Waals surface area contributed by atoms with Crippen molar-refractivity contribution in [3.8, 4) is 34.5 Å². The van der Waals surface area contributed by atoms with Gasteiger partial charge in [0.05, 0.1) is 24.8 Å². The summed E-state index contributed by atoms with van der Waals surface area (Å²) in [5.41, 5.74) is 0.388. The van der Waals surface area contributed by atoms with Crippen LogP contribution in [0.3, 0.4) is 0 Å². The van der Waals surface area contributed by atoms with Crippen LogP contribution in [0.1, 0.15) is 29.2 Å². The highest BCUT2D eigenvalue weighted by atomic mass is 16.8. The number of carboxylic acids is 1. The number of hydrogen-bond donors (Lipinski definition) is 16. The van der Waals surface area contributed by atoms with Crippen LogP contribution in [0.15, 0.2) is 66.4 Å². The second kappa shape index (κ2) is 25.5. The Bertz CT molecular complexity index is 2700. The van der Waals surface area contributed by atoms with Crippen LogP contribution in [0.5, 0.6) is 34.5 Å². The standard InChI is InChI=1S/C50H58O30/c51-14-29-36(61)39(64)43(68)48(77-29)73-21-5-1-18(2-6-21)3-8-33(58)70-16-31-38(63)41(66)46(80-47-42(67)35(60)25(55)15-72-47)50(79-31)76-28-12-22-26(74-45(28)19-4-7-23(53)24(54)9-19)10-20(52)11-27(22)75-49-44(69)40(65)37(62)30(78-49)17-71-34(59)13-32(56)57/h1-12,25,29-31,35-55,60-69H,13-17H2,(H,56,57)/p+1. The number of aliphatic hydroxyl groups is 13. The molecule has 20 atom stereocenters. The molecule has 8 rings (SSSR count). The summed E-state index contributed by atoms with van der Waals surface area (Å²) in [4.78, 5) is 36.1. The molecule has 20 unspecified atom stereocenters. The monoisotopic (exact) mass is 1140 g/mol. The topological polar surface area (TPSA) is 480 Å². The number of benzene rings is 3. The van der Waals surface area contributed by atoms with Crippen molar-refractivity contribution in [1.82, 2.24) is 0 Å². The van der Waals surface area contributed by atoms with Crippen molar-refractivity contribution in [2.45, 2.75) is 129 Å². The molecule has 0 aliphatic carbocycles. The zero-order valence-electron chi connectivity index (χ0n) is 41.4. The molecule has 0 radical (unpaired) electrons. The van der Waals surface area contributed by atoms with Crippen LogP contribution < -0.4 is 9.47 Å². The van der Waals surface area contributed by atoms with E-state index in [1.165, 1.54) is 42.5 Å². The van der Waals surface area contributed by atoms with Crippen molar-refractivity contribution in [2.24, 2.45) is 0 Å². The SMILES string of the molecule is O=C(O)CC(=O)OCC1OC(Oc2cc(O)cc3c2C=C(OC2OC(COC(=O)C=Cc4ccc(OC5OC(CO)C(O)C(O)C5O)cc4)C(O)C(O)C2OC2OCC(O)C(O)C2O)C(c2ccc(O)c(O)c2)[OH+]3)C(O)C(O)C1O. The van der Waals surface area contributed by atoms with E-state index in [9.17, 15) is 91.0 Å². The van der Waals surface area contributed by atoms with Gasteiger partial charge in [0.1, 0.15) is 128 Å². The van der Waals surface area contributed by atoms with Crippen LogP contribution in [0.25, 0.3) is 12.2 Å². The van der Waals surface area contributed by atoms with Crippen molar-refractivity contribution >= 4 is 30.1 Å². The number of aliphatic hydroxyl groups excluding tert-OH is 12. The molecule has 30 heteroatoms. The Balaban J connectivity index is 1.05. The van der Waals surface area contributed by atoms with Gasteiger partial charge in [-0.25, -0.2) is 4.79 Å². The number of fused-ring (bicyclic) bond motifs is 1. The first-order chi connectivity index (χ1) is 38.0. The highest BCUT2D eigenvalue weighted by Crippen LogP contribution is 2.48. The zero-order chi connectivity index (χ0) is 57.9. The summed E-state index contributed by atoms with van der Waals surface area (Å²) in [7, 11) is 0. The summed E-state index contributed by atoms with van der Waals surface area (Å²) < 4.78 is 61.3. The van der Waals surface area contributed by atoms with Gasteiger partial charge in [-0.1, -0.05) is 12.1 Å². The van der Waals surface area contributed by atoms with Gasteiger partial charge in [0.15, 0.2) is 29.7 Å². The Morgan fingerprint density at radius 2 is 1.24 bits per heavy atom. The third kappa shape index (κ3) is 13.4. The van der Waals surface area contributed by atoms with Crippen LogP contribution in [-0.4, -0.2) is 247 Å². The van der Waals surface area contributed by atoms with Crippen molar-refractivity contribution < 1.29 is 148 Å². The first-order valence-electron chi connectivity index (χ1n) is 24.5. The number of carboxylic acid groups (broad SMARTS) is 1. The highest BCUT2D eigenvalue weighted by molar-refractivity contribution is 5.90. The summed E-state index contributed by atoms with van der Waals surface area (Å²) in [6.45, 7) is -2.87. The molecule has 3 aromatic carbocycles. The second-order valence-corrected chi connectivity index (χ2v) is 18.9. The summed E-state index contributed by atoms with van der Waals surface area (Å²) in [6.07, 6.45) is -32.9. The molecular weight excluding hydrogens is 1080 g/mol. The molecular formula is C50H59O30+. The van der Waals surface area contributed by atoms with Crippen LogP contribution >= 0.6 is 0 Å². The number of aromatic hydroxyl groups is 4. The van der Waals surface area contributed by atoms with Gasteiger partial charge in [0, 0.05) is 18.2 Å². The van der Waals surface area contributed by atoms with Gasteiger partial charge in [0.25, 0.3) is 11.9 Å². The van der Waals surface area contributed by atoms with Gasteiger partial charge >= 0.3 is 17.9 Å². The summed E-state index contributed by atoms with van der Waals surface area (Å²) in [5, 5.41) is 168. The lowest BCUT2D eigenvalue weighted by atomic mass is 9.97. The van der Waals surface area contributed by atoms with Crippen LogP contribution in [0, 0.1) is 0 Å². The predicted octanol–water partition coefficient (Wildman–Crippen LogP) is -4.93. The van der Waals surface area contributed by atoms with Gasteiger partial charge < -0.3 is 134 Å². The molecule has 4 saturated heterocycles. The van der Waals surface area contributed by atoms with Gasteiger partial charge in [-0.3, -0.25) is 9.59 Å². The van der Waals surface area contributed by atoms with Gasteiger partial charge in [-0.2, -0.15) is 0 Å². The number of phenols is 3. The Morgan fingerprint density at radius 3 is 1.90 bits per heavy atom. The molecule has 438 valence electrons. The fourth-order valence-corrected chi connectivity index (χ4v) is 8.85. The minimum Gasteiger partial charge on any atom is -0.571 e. The Labute approximate surface area is 450 Å². The Hall–Kier alpha value is -6.53. The minimum absolute atomic E-state index is 0.0803. The van der Waals surface area contributed by atoms with E-state index < -0.39 is 191 Å². The second-order valence-electron chi connectivity index (χ2n) is 18.9. The summed E-state index contributed by atoms with van der Waals surface area (Å²) in [6, 6.07) is 11.4. The van der Waals surface area contributed by atoms with Crippen LogP contribution in [0.4, 0.5) is 0 Å². The van der Waals surface area contributed by atoms with Gasteiger partial charge in [0.2, 0.25) is 18.9 Å². The van der Waals surface area contributed by atoms with E-state index in [0.29, 0.717) is 5.56 Å². The van der Waals surface area contributed by atoms with E-state index in [1.807, 2.05) is 0 Å². The molecule has 5 aliphatic rings. The smallest absolute Gasteiger partial charge is 0.330 e. The number of phenolic OH excluding ortho intramolecular Hbond substituents is 3. The number of hydrogen-bond acceptors (Lipinski definition) is 28. The van der Waals surface area contributed by atoms with Crippen molar-refractivity contribution in [3.05, 3.63) is 83.1 Å². The first-order valence-corrected chi connectivity index (χ1v) is 24.5. The average Bonchev–Trinajstić information content (AvgIpc) is 3.44. The van der Waals surface area contributed by atoms with E-state index in [-0.39, 0.29) is 34.1 Å². The number of carbonyl (C=O) groups is 3. The van der Waals surface area contributed by atoms with Crippen molar-refractivity contribution in [1.29, 1.82) is 0 Å². The van der Waals surface area contributed by atoms with Crippen LogP contribution in [-0.2, 0) is 52.3 Å². The average molecular weight is 1140 g/mol. The lowest BCUT2D eigenvalue weighted by Crippen LogP contribution is -2.63. The predicted molar refractivity (Wildman–Crippen MR) is 256 cm³/mol. The molecule has 17 N–H and O–H groups in total. The lowest BCUT2D eigenvalue weighted by Gasteiger charge is -2.45. The van der Waals surface area contributed by atoms with Crippen molar-refractivity contribution in [2.75, 3.05) is 26.4 Å². The maximum Gasteiger partial charge on any atom is 0.330 e. The van der Waals surface area contributed by atoms with E-state index in [4.69, 9.17) is 52.5 Å². The number of aliphatic carboxylic acids is 1. The van der Waals surface area contributed by atoms with E-state index in [0.717, 1.165) is 30.3 Å². The quantitative estimate of drug-likeness (QED) is 0.0187. The molecule has 0 aromatic heterocycles. The largest absolute Gasteiger partial charge is 0.571 e. The van der Waals surface area contributed by atoms with Crippen LogP contribution in [0.2, 0.25) is 0 Å². The van der Waals surface area contributed by atoms with E-state index in [2.05, 4.69) is 4.74 Å². The number of rotatable bonds is 18. The fraction of sp³-hybridized carbons (Fsp3) is 0.500. The number of ether oxygens (including phenoxy) is 11. The molecule has 3 aromatic rings. The highest BCUT2D eigenvalue weighted by Gasteiger charge is 2.52. The van der Waals surface area contributed by atoms with Crippen molar-refractivity contribution in [3.63, 3.8) is 0 Å². The Morgan fingerprint density at radius 1 is 0.625 bits per heavy atom. The fourth-order valence-electron chi connectivity index (χ4n) is 8.85. The summed E-state index contributed by atoms with van der Waals surface area (Å²) in [5.74, 6) is -6.12. The first kappa shape index (κ1) is 59.6. The molecule has 0 amide bonds. The van der Waals surface area contributed by atoms with E-state index in [1.54, 1.807) is 0 Å². The number of esters is 2. The molecule has 0 spiro atoms. The summed E-state index contributed by atoms with van der Waals surface area (Å²) >= 11 is 0. The third-order valence-corrected chi connectivity index (χ3v) is 13.3.